The van der Waals surface area contributed by atoms with Crippen LogP contribution in [0.4, 0.5) is 0 Å². The highest BCUT2D eigenvalue weighted by Crippen LogP contribution is 2.16. The Labute approximate surface area is 111 Å². The second-order valence-electron chi connectivity index (χ2n) is 5.27. The lowest BCUT2D eigenvalue weighted by Crippen LogP contribution is -2.38. The van der Waals surface area contributed by atoms with Crippen LogP contribution >= 0.6 is 0 Å². The molecule has 0 aliphatic carbocycles. The molecule has 18 heavy (non-hydrogen) atoms. The van der Waals surface area contributed by atoms with Crippen LogP contribution in [0.3, 0.4) is 0 Å². The van der Waals surface area contributed by atoms with E-state index in [0.29, 0.717) is 0 Å². The number of benzene rings is 1. The van der Waals surface area contributed by atoms with E-state index in [1.54, 1.807) is 0 Å². The molecule has 0 bridgehead atoms. The van der Waals surface area contributed by atoms with Gasteiger partial charge in [-0.15, -0.1) is 0 Å². The van der Waals surface area contributed by atoms with E-state index >= 15 is 0 Å². The van der Waals surface area contributed by atoms with Crippen LogP contribution in [0.25, 0.3) is 0 Å². The van der Waals surface area contributed by atoms with Gasteiger partial charge in [-0.3, -0.25) is 0 Å². The highest BCUT2D eigenvalue weighted by molar-refractivity contribution is 5.13. The second-order valence-corrected chi connectivity index (χ2v) is 5.27. The minimum atomic E-state index is 0.746. The fourth-order valence-corrected chi connectivity index (χ4v) is 2.62. The molecule has 0 radical (unpaired) electrons. The topological polar surface area (TPSA) is 12.5 Å². The smallest absolute Gasteiger partial charge is 0.0716 e. The average Bonchev–Trinajstić information content (AvgIpc) is 2.42. The number of likely N-dealkylation sites (tertiary alicyclic amines) is 1. The normalized spacial score (nSPS) is 21.1. The molecular formula is C16H25NO. The van der Waals surface area contributed by atoms with E-state index in [1.807, 2.05) is 6.07 Å². The standard InChI is InChI=1S/C16H25NO/c1-15-8-5-6-11-17(15)12-7-13-18-14-16-9-3-2-4-10-16/h2-4,9-10,15H,5-8,11-14H2,1H3/t15-/m0/s1. The van der Waals surface area contributed by atoms with E-state index in [2.05, 4.69) is 36.1 Å². The van der Waals surface area contributed by atoms with Crippen molar-refractivity contribution in [2.75, 3.05) is 19.7 Å². The number of hydrogen-bond donors (Lipinski definition) is 0. The summed E-state index contributed by atoms with van der Waals surface area (Å²) in [6, 6.07) is 11.2. The summed E-state index contributed by atoms with van der Waals surface area (Å²) in [5, 5.41) is 0. The third-order valence-electron chi connectivity index (χ3n) is 3.79. The average molecular weight is 247 g/mol. The van der Waals surface area contributed by atoms with E-state index < -0.39 is 0 Å². The number of ether oxygens (including phenoxy) is 1. The first-order valence-corrected chi connectivity index (χ1v) is 7.22. The molecule has 0 saturated carbocycles. The summed E-state index contributed by atoms with van der Waals surface area (Å²) in [7, 11) is 0. The first-order chi connectivity index (χ1) is 8.86. The molecule has 1 heterocycles. The molecule has 1 aliphatic rings. The van der Waals surface area contributed by atoms with Gasteiger partial charge in [-0.1, -0.05) is 36.8 Å². The van der Waals surface area contributed by atoms with Gasteiger partial charge in [-0.2, -0.15) is 0 Å². The molecule has 1 aromatic rings. The Morgan fingerprint density at radius 1 is 1.22 bits per heavy atom. The minimum absolute atomic E-state index is 0.746. The quantitative estimate of drug-likeness (QED) is 0.714. The van der Waals surface area contributed by atoms with Crippen molar-refractivity contribution in [2.24, 2.45) is 0 Å². The summed E-state index contributed by atoms with van der Waals surface area (Å²) in [5.74, 6) is 0. The molecule has 1 fully saturated rings. The summed E-state index contributed by atoms with van der Waals surface area (Å²) in [6.07, 6.45) is 5.29. The molecule has 2 nitrogen and oxygen atoms in total. The zero-order valence-electron chi connectivity index (χ0n) is 11.5. The third-order valence-corrected chi connectivity index (χ3v) is 3.79. The highest BCUT2D eigenvalue weighted by atomic mass is 16.5. The summed E-state index contributed by atoms with van der Waals surface area (Å²) in [6.45, 7) is 6.44. The lowest BCUT2D eigenvalue weighted by atomic mass is 10.0. The number of hydrogen-bond acceptors (Lipinski definition) is 2. The van der Waals surface area contributed by atoms with Gasteiger partial charge in [-0.05, 0) is 38.3 Å². The van der Waals surface area contributed by atoms with Crippen LogP contribution in [0.1, 0.15) is 38.2 Å². The summed E-state index contributed by atoms with van der Waals surface area (Å²) in [5.41, 5.74) is 1.27. The van der Waals surface area contributed by atoms with Crippen molar-refractivity contribution in [1.29, 1.82) is 0 Å². The van der Waals surface area contributed by atoms with Crippen LogP contribution in [-0.2, 0) is 11.3 Å². The monoisotopic (exact) mass is 247 g/mol. The first kappa shape index (κ1) is 13.6. The number of nitrogens with zero attached hydrogens (tertiary/aromatic N) is 1. The fraction of sp³-hybridized carbons (Fsp3) is 0.625. The van der Waals surface area contributed by atoms with E-state index in [-0.39, 0.29) is 0 Å². The van der Waals surface area contributed by atoms with Crippen molar-refractivity contribution in [3.05, 3.63) is 35.9 Å². The predicted molar refractivity (Wildman–Crippen MR) is 75.6 cm³/mol. The summed E-state index contributed by atoms with van der Waals surface area (Å²) >= 11 is 0. The Bertz CT molecular complexity index is 325. The van der Waals surface area contributed by atoms with Gasteiger partial charge in [0.25, 0.3) is 0 Å². The van der Waals surface area contributed by atoms with Crippen molar-refractivity contribution < 1.29 is 4.74 Å². The molecule has 2 heteroatoms. The van der Waals surface area contributed by atoms with Crippen LogP contribution < -0.4 is 0 Å². The largest absolute Gasteiger partial charge is 0.377 e. The zero-order chi connectivity index (χ0) is 12.6. The number of piperidine rings is 1. The van der Waals surface area contributed by atoms with E-state index in [0.717, 1.165) is 25.7 Å². The Morgan fingerprint density at radius 2 is 2.06 bits per heavy atom. The molecule has 1 aliphatic heterocycles. The van der Waals surface area contributed by atoms with E-state index in [4.69, 9.17) is 4.74 Å². The van der Waals surface area contributed by atoms with Gasteiger partial charge in [0.1, 0.15) is 0 Å². The van der Waals surface area contributed by atoms with Gasteiger partial charge >= 0.3 is 0 Å². The summed E-state index contributed by atoms with van der Waals surface area (Å²) < 4.78 is 5.72. The highest BCUT2D eigenvalue weighted by Gasteiger charge is 2.16. The Hall–Kier alpha value is -0.860. The maximum atomic E-state index is 5.72. The van der Waals surface area contributed by atoms with Gasteiger partial charge in [-0.25, -0.2) is 0 Å². The SMILES string of the molecule is C[C@H]1CCCCN1CCCOCc1ccccc1. The lowest BCUT2D eigenvalue weighted by Gasteiger charge is -2.33. The maximum absolute atomic E-state index is 5.72. The Morgan fingerprint density at radius 3 is 2.83 bits per heavy atom. The first-order valence-electron chi connectivity index (χ1n) is 7.22. The Kier molecular flexibility index (Phi) is 5.69. The van der Waals surface area contributed by atoms with Crippen molar-refractivity contribution in [3.8, 4) is 0 Å². The minimum Gasteiger partial charge on any atom is -0.377 e. The molecule has 0 N–H and O–H groups in total. The van der Waals surface area contributed by atoms with Gasteiger partial charge in [0.05, 0.1) is 6.61 Å². The van der Waals surface area contributed by atoms with Crippen LogP contribution in [0.15, 0.2) is 30.3 Å². The molecule has 0 aromatic heterocycles. The molecule has 0 unspecified atom stereocenters. The van der Waals surface area contributed by atoms with Crippen molar-refractivity contribution in [1.82, 2.24) is 4.90 Å². The predicted octanol–water partition coefficient (Wildman–Crippen LogP) is 3.47. The zero-order valence-corrected chi connectivity index (χ0v) is 11.5. The van der Waals surface area contributed by atoms with Gasteiger partial charge < -0.3 is 9.64 Å². The maximum Gasteiger partial charge on any atom is 0.0716 e. The second kappa shape index (κ2) is 7.55. The van der Waals surface area contributed by atoms with E-state index in [1.165, 1.54) is 37.9 Å². The van der Waals surface area contributed by atoms with Crippen LogP contribution in [0.5, 0.6) is 0 Å². The molecule has 0 spiro atoms. The molecule has 1 atom stereocenters. The van der Waals surface area contributed by atoms with Gasteiger partial charge in [0.15, 0.2) is 0 Å². The Balaban J connectivity index is 1.56. The summed E-state index contributed by atoms with van der Waals surface area (Å²) in [4.78, 5) is 2.61. The van der Waals surface area contributed by atoms with Crippen molar-refractivity contribution in [3.63, 3.8) is 0 Å². The molecular weight excluding hydrogens is 222 g/mol. The number of rotatable bonds is 6. The van der Waals surface area contributed by atoms with Crippen LogP contribution in [-0.4, -0.2) is 30.6 Å². The van der Waals surface area contributed by atoms with Crippen LogP contribution in [0, 0.1) is 0 Å². The van der Waals surface area contributed by atoms with Crippen molar-refractivity contribution >= 4 is 0 Å². The molecule has 2 rings (SSSR count). The molecule has 1 saturated heterocycles. The van der Waals surface area contributed by atoms with Gasteiger partial charge in [0.2, 0.25) is 0 Å². The molecule has 1 aromatic carbocycles. The third kappa shape index (κ3) is 4.43. The van der Waals surface area contributed by atoms with Gasteiger partial charge in [0, 0.05) is 19.2 Å². The lowest BCUT2D eigenvalue weighted by molar-refractivity contribution is 0.0943. The van der Waals surface area contributed by atoms with Crippen molar-refractivity contribution in [2.45, 2.75) is 45.3 Å². The fourth-order valence-electron chi connectivity index (χ4n) is 2.62. The molecule has 0 amide bonds. The van der Waals surface area contributed by atoms with Crippen LogP contribution in [0.2, 0.25) is 0 Å². The van der Waals surface area contributed by atoms with E-state index in [9.17, 15) is 0 Å². The molecule has 100 valence electrons.